The number of aromatic nitrogens is 1. The zero-order valence-corrected chi connectivity index (χ0v) is 10.7. The van der Waals surface area contributed by atoms with E-state index in [4.69, 9.17) is 5.26 Å². The largest absolute Gasteiger partial charge is 0.367 e. The molecule has 8 heteroatoms. The van der Waals surface area contributed by atoms with Crippen molar-refractivity contribution < 1.29 is 9.13 Å². The summed E-state index contributed by atoms with van der Waals surface area (Å²) in [6.07, 6.45) is 1.59. The third-order valence-electron chi connectivity index (χ3n) is 2.06. The van der Waals surface area contributed by atoms with Crippen molar-refractivity contribution in [2.75, 3.05) is 17.3 Å². The fourth-order valence-electron chi connectivity index (χ4n) is 1.41. The van der Waals surface area contributed by atoms with E-state index in [-0.39, 0.29) is 17.4 Å². The predicted molar refractivity (Wildman–Crippen MR) is 67.6 cm³/mol. The number of hydrogen-bond donors (Lipinski definition) is 1. The van der Waals surface area contributed by atoms with E-state index in [1.54, 1.807) is 12.3 Å². The van der Waals surface area contributed by atoms with Crippen LogP contribution in [0.1, 0.15) is 12.6 Å². The van der Waals surface area contributed by atoms with Gasteiger partial charge in [-0.25, -0.2) is 4.98 Å². The number of nitrogens with one attached hydrogen (secondary N) is 1. The standard InChI is InChI=1S/C10H12N4O3S/c1-7(6-18(2)17)12-10-4-3-9(14(15)16)8(5-11)13-10/h3-4,7H,6H2,1-2H3,(H,12,13). The third kappa shape index (κ3) is 3.78. The van der Waals surface area contributed by atoms with Gasteiger partial charge in [0.25, 0.3) is 0 Å². The quantitative estimate of drug-likeness (QED) is 0.631. The molecule has 1 rings (SSSR count). The van der Waals surface area contributed by atoms with E-state index in [0.717, 1.165) is 0 Å². The number of nitriles is 1. The maximum Gasteiger partial charge on any atom is 0.305 e. The maximum atomic E-state index is 11.0. The monoisotopic (exact) mass is 268 g/mol. The Hall–Kier alpha value is -2.01. The Kier molecular flexibility index (Phi) is 4.74. The smallest absolute Gasteiger partial charge is 0.305 e. The number of anilines is 1. The molecule has 1 heterocycles. The lowest BCUT2D eigenvalue weighted by Crippen LogP contribution is -2.23. The zero-order valence-electron chi connectivity index (χ0n) is 9.91. The van der Waals surface area contributed by atoms with E-state index in [2.05, 4.69) is 10.3 Å². The first-order valence-corrected chi connectivity index (χ1v) is 6.79. The summed E-state index contributed by atoms with van der Waals surface area (Å²) in [6, 6.07) is 4.23. The molecule has 0 fully saturated rings. The van der Waals surface area contributed by atoms with Gasteiger partial charge >= 0.3 is 5.69 Å². The van der Waals surface area contributed by atoms with Crippen LogP contribution in [0, 0.1) is 21.4 Å². The molecule has 0 spiro atoms. The maximum absolute atomic E-state index is 11.0. The summed E-state index contributed by atoms with van der Waals surface area (Å²) < 4.78 is 11.0. The molecule has 0 aliphatic carbocycles. The normalized spacial score (nSPS) is 13.4. The minimum Gasteiger partial charge on any atom is -0.367 e. The molecular formula is C10H12N4O3S. The van der Waals surface area contributed by atoms with Gasteiger partial charge < -0.3 is 5.32 Å². The average molecular weight is 268 g/mol. The number of nitrogens with zero attached hydrogens (tertiary/aromatic N) is 3. The first kappa shape index (κ1) is 14.1. The molecular weight excluding hydrogens is 256 g/mol. The highest BCUT2D eigenvalue weighted by molar-refractivity contribution is 7.84. The number of rotatable bonds is 5. The summed E-state index contributed by atoms with van der Waals surface area (Å²) in [7, 11) is -0.952. The van der Waals surface area contributed by atoms with Crippen LogP contribution in [0.2, 0.25) is 0 Å². The van der Waals surface area contributed by atoms with E-state index in [1.165, 1.54) is 12.1 Å². The molecule has 0 aliphatic heterocycles. The molecule has 0 aromatic carbocycles. The second kappa shape index (κ2) is 6.07. The van der Waals surface area contributed by atoms with Crippen molar-refractivity contribution in [3.8, 4) is 6.07 Å². The van der Waals surface area contributed by atoms with Gasteiger partial charge in [-0.05, 0) is 13.0 Å². The summed E-state index contributed by atoms with van der Waals surface area (Å²) in [5.41, 5.74) is -0.565. The van der Waals surface area contributed by atoms with Gasteiger partial charge in [-0.1, -0.05) is 0 Å². The van der Waals surface area contributed by atoms with Crippen LogP contribution in [0.5, 0.6) is 0 Å². The Morgan fingerprint density at radius 1 is 1.67 bits per heavy atom. The van der Waals surface area contributed by atoms with E-state index < -0.39 is 15.7 Å². The Morgan fingerprint density at radius 2 is 2.33 bits per heavy atom. The molecule has 1 aromatic heterocycles. The van der Waals surface area contributed by atoms with Gasteiger partial charge in [-0.2, -0.15) is 5.26 Å². The van der Waals surface area contributed by atoms with Gasteiger partial charge in [0.2, 0.25) is 5.69 Å². The van der Waals surface area contributed by atoms with Crippen molar-refractivity contribution in [1.29, 1.82) is 5.26 Å². The molecule has 0 amide bonds. The van der Waals surface area contributed by atoms with E-state index >= 15 is 0 Å². The first-order chi connectivity index (χ1) is 8.43. The fraction of sp³-hybridized carbons (Fsp3) is 0.400. The minimum atomic E-state index is -0.952. The fourth-order valence-corrected chi connectivity index (χ4v) is 2.20. The molecule has 7 nitrogen and oxygen atoms in total. The van der Waals surface area contributed by atoms with Gasteiger partial charge in [-0.15, -0.1) is 0 Å². The van der Waals surface area contributed by atoms with Gasteiger partial charge in [-0.3, -0.25) is 14.3 Å². The van der Waals surface area contributed by atoms with Crippen molar-refractivity contribution in [2.45, 2.75) is 13.0 Å². The zero-order chi connectivity index (χ0) is 13.7. The topological polar surface area (TPSA) is 109 Å². The lowest BCUT2D eigenvalue weighted by Gasteiger charge is -2.12. The molecule has 96 valence electrons. The van der Waals surface area contributed by atoms with E-state index in [0.29, 0.717) is 11.6 Å². The summed E-state index contributed by atoms with van der Waals surface area (Å²) in [5, 5.41) is 22.3. The second-order valence-corrected chi connectivity index (χ2v) is 5.20. The molecule has 1 N–H and O–H groups in total. The lowest BCUT2D eigenvalue weighted by molar-refractivity contribution is -0.385. The Morgan fingerprint density at radius 3 is 2.83 bits per heavy atom. The molecule has 18 heavy (non-hydrogen) atoms. The van der Waals surface area contributed by atoms with Crippen LogP contribution in [0.15, 0.2) is 12.1 Å². The van der Waals surface area contributed by atoms with Crippen molar-refractivity contribution in [3.63, 3.8) is 0 Å². The highest BCUT2D eigenvalue weighted by atomic mass is 32.2. The first-order valence-electron chi connectivity index (χ1n) is 5.06. The Labute approximate surface area is 106 Å². The lowest BCUT2D eigenvalue weighted by atomic mass is 10.3. The van der Waals surface area contributed by atoms with Crippen molar-refractivity contribution in [3.05, 3.63) is 27.9 Å². The van der Waals surface area contributed by atoms with Gasteiger partial charge in [0.05, 0.1) is 4.92 Å². The molecule has 2 atom stereocenters. The van der Waals surface area contributed by atoms with Crippen molar-refractivity contribution in [1.82, 2.24) is 4.98 Å². The second-order valence-electron chi connectivity index (χ2n) is 3.72. The molecule has 0 aliphatic rings. The van der Waals surface area contributed by atoms with Crippen LogP contribution in [0.25, 0.3) is 0 Å². The highest BCUT2D eigenvalue weighted by Crippen LogP contribution is 2.18. The number of hydrogen-bond acceptors (Lipinski definition) is 6. The van der Waals surface area contributed by atoms with Gasteiger partial charge in [0.1, 0.15) is 11.9 Å². The molecule has 0 radical (unpaired) electrons. The summed E-state index contributed by atoms with van der Waals surface area (Å²) in [4.78, 5) is 13.8. The van der Waals surface area contributed by atoms with Gasteiger partial charge in [0, 0.05) is 34.9 Å². The SMILES string of the molecule is CC(CS(C)=O)Nc1ccc([N+](=O)[O-])c(C#N)n1. The summed E-state index contributed by atoms with van der Waals surface area (Å²) >= 11 is 0. The molecule has 0 saturated heterocycles. The summed E-state index contributed by atoms with van der Waals surface area (Å²) in [5.74, 6) is 0.788. The third-order valence-corrected chi connectivity index (χ3v) is 3.02. The van der Waals surface area contributed by atoms with Gasteiger partial charge in [0.15, 0.2) is 0 Å². The number of pyridine rings is 1. The van der Waals surface area contributed by atoms with Crippen LogP contribution in [-0.2, 0) is 10.8 Å². The average Bonchev–Trinajstić information content (AvgIpc) is 2.27. The molecule has 0 saturated carbocycles. The van der Waals surface area contributed by atoms with Crippen LogP contribution >= 0.6 is 0 Å². The highest BCUT2D eigenvalue weighted by Gasteiger charge is 2.16. The van der Waals surface area contributed by atoms with Crippen LogP contribution in [-0.4, -0.2) is 32.2 Å². The van der Waals surface area contributed by atoms with E-state index in [9.17, 15) is 14.3 Å². The number of nitro groups is 1. The Bertz CT molecular complexity index is 526. The summed E-state index contributed by atoms with van der Waals surface area (Å²) in [6.45, 7) is 1.82. The van der Waals surface area contributed by atoms with Crippen molar-refractivity contribution in [2.24, 2.45) is 0 Å². The van der Waals surface area contributed by atoms with E-state index in [1.807, 2.05) is 6.92 Å². The van der Waals surface area contributed by atoms with Crippen molar-refractivity contribution >= 4 is 22.3 Å². The Balaban J connectivity index is 2.90. The van der Waals surface area contributed by atoms with Crippen LogP contribution < -0.4 is 5.32 Å². The molecule has 0 bridgehead atoms. The van der Waals surface area contributed by atoms with Crippen LogP contribution in [0.4, 0.5) is 11.5 Å². The molecule has 1 aromatic rings. The minimum absolute atomic E-state index is 0.101. The predicted octanol–water partition coefficient (Wildman–Crippen LogP) is 1.04. The molecule has 2 unspecified atom stereocenters. The van der Waals surface area contributed by atoms with Crippen LogP contribution in [0.3, 0.4) is 0 Å².